The molecule has 25 rings (SSSR count). The van der Waals surface area contributed by atoms with Crippen LogP contribution in [-0.4, -0.2) is 130 Å². The van der Waals surface area contributed by atoms with E-state index in [4.69, 9.17) is 6.58 Å². The molecule has 25 heterocycles. The van der Waals surface area contributed by atoms with Gasteiger partial charge in [0.05, 0.1) is 40.7 Å². The second-order valence-corrected chi connectivity index (χ2v) is 24.7. The third-order valence-electron chi connectivity index (χ3n) is 17.0. The van der Waals surface area contributed by atoms with E-state index in [0.29, 0.717) is 0 Å². The Balaban J connectivity index is 0.000000725. The molecule has 716 valence electrons. The second kappa shape index (κ2) is 75.0. The van der Waals surface area contributed by atoms with Crippen molar-refractivity contribution >= 4 is 75.4 Å². The first-order chi connectivity index (χ1) is 66.3. The molecule has 0 spiro atoms. The van der Waals surface area contributed by atoms with E-state index in [2.05, 4.69) is 151 Å². The number of aromatic nitrogens is 28. The zero-order chi connectivity index (χ0) is 98.1. The van der Waals surface area contributed by atoms with Crippen LogP contribution in [0, 0.1) is 27.4 Å². The Labute approximate surface area is 833 Å². The summed E-state index contributed by atoms with van der Waals surface area (Å²) in [6, 6.07) is 59.3. The maximum atomic E-state index is 5.11. The van der Waals surface area contributed by atoms with Crippen LogP contribution in [0.15, 0.2) is 349 Å². The molecule has 30 heteroatoms. The maximum Gasteiger partial charge on any atom is 2.00 e. The van der Waals surface area contributed by atoms with Crippen LogP contribution in [0.3, 0.4) is 0 Å². The third kappa shape index (κ3) is 40.5. The van der Waals surface area contributed by atoms with Crippen molar-refractivity contribution in [1.29, 1.82) is 0 Å². The van der Waals surface area contributed by atoms with E-state index >= 15 is 0 Å². The normalized spacial score (nSPS) is 9.99. The van der Waals surface area contributed by atoms with Gasteiger partial charge in [-0.2, -0.15) is 37.8 Å². The van der Waals surface area contributed by atoms with Crippen LogP contribution < -0.4 is 4.98 Å². The molecule has 28 nitrogen and oxygen atoms in total. The first kappa shape index (κ1) is 120. The van der Waals surface area contributed by atoms with Gasteiger partial charge in [-0.3, -0.25) is 31.2 Å². The quantitative estimate of drug-likeness (QED) is 0.138. The zero-order valence-electron chi connectivity index (χ0n) is 83.5. The molecule has 0 bridgehead atoms. The van der Waals surface area contributed by atoms with Gasteiger partial charge < -0.3 is 28.4 Å². The van der Waals surface area contributed by atoms with Crippen LogP contribution in [-0.2, 0) is 67.8 Å². The molecule has 0 saturated carbocycles. The number of hydrogen-bond acceptors (Lipinski definition) is 15. The standard InChI is InChI=1S/C8H7N.C7H7N3.4C7H6N2.C7H7N.2C6H7N3.2C6H5N3.C6H6N2.C6H5N.10C2H6.2W/c1-2-6-9-7-3-5-8(9)4-1;1-6-8-9-7-4-2-3-5-10(6)7;1-3-7-8-4-2-6-9(7)5-1;1-3-7-4-2-6-9(7)8-5-1;1-2-7-6-8-3-5-9(7)4-1;1-2-6-9-7(3-1)4-5-8-9;1-3-7-4-2-6-8(7)5-1;2*1-5-7-8-6-3-2-4-9(5)6;1-3-7-6-2-4-8-9(6)5-1;1-2-6-4-7-5-9(6)8-3-1;1-2-6-3-4-7-8(6)5-1;1-2-6-4-3-5-7-6;10*1-2;;/h1-7H;2-5H,1H3;4*1-6H;1-3,5-6H,4H2;2*2,4H,3H2,1H3;2*1-5H;1,3-5H,2H2;1-5H;10*1-2H3;;/q;;;;;;;;;;;;-2;;;;;;;;;;;;+2. The average Bonchev–Trinajstić information content (AvgIpc) is 1.69. The molecule has 4 aliphatic heterocycles. The van der Waals surface area contributed by atoms with E-state index in [1.165, 1.54) is 23.0 Å². The van der Waals surface area contributed by atoms with E-state index in [9.17, 15) is 0 Å². The summed E-state index contributed by atoms with van der Waals surface area (Å²) in [6.07, 6.45) is 64.8. The molecule has 0 fully saturated rings. The largest absolute Gasteiger partial charge is 2.00 e. The summed E-state index contributed by atoms with van der Waals surface area (Å²) in [5, 5.41) is 43.6. The summed E-state index contributed by atoms with van der Waals surface area (Å²) in [4.78, 5) is 19.9. The van der Waals surface area contributed by atoms with E-state index in [0.717, 1.165) is 99.5 Å². The summed E-state index contributed by atoms with van der Waals surface area (Å²) in [5.41, 5.74) is 12.0. The van der Waals surface area contributed by atoms with Crippen molar-refractivity contribution in [1.82, 2.24) is 135 Å². The van der Waals surface area contributed by atoms with Gasteiger partial charge in [0.25, 0.3) is 0 Å². The van der Waals surface area contributed by atoms with E-state index in [-0.39, 0.29) is 42.1 Å². The molecule has 136 heavy (non-hydrogen) atoms. The minimum atomic E-state index is 0. The number of allylic oxidation sites excluding steroid dienone is 4. The molecule has 4 aliphatic rings. The van der Waals surface area contributed by atoms with Crippen LogP contribution in [0.5, 0.6) is 0 Å². The number of aryl methyl sites for hydroxylation is 3. The number of fused-ring (bicyclic) bond motifs is 12. The number of pyridine rings is 3. The first-order valence-electron chi connectivity index (χ1n) is 46.3. The molecule has 21 aromatic rings. The SMILES string of the molecule is C1=Cn2cccc2C1.C1=Cn2nccc2C1.CC.CC.CC.CC.CC.CC.CC.CC.CC.CC.Cc1nnc2ccccn12.Cc1nnc2n1C=CC2.Cc1nnc2n1C=CC2.[CH-]=Cc1ccc[n-]1.[W+2].[W].c1cc2cnccn2c1.c1ccn2cccc2c1.c1ccn2nccc2c1.c1cnc2cccn2c1.c1cnc2ccnn2c1.c1cnn2cccc2c1.c1cnn2cncc2c1. The Morgan fingerprint density at radius 1 is 0.309 bits per heavy atom. The minimum Gasteiger partial charge on any atom is -0.749 e. The average molecular weight is 2170 g/mol. The predicted octanol–water partition coefficient (Wildman–Crippen LogP) is 24.8. The number of imidazole rings is 1. The second-order valence-electron chi connectivity index (χ2n) is 24.7. The Morgan fingerprint density at radius 2 is 0.772 bits per heavy atom. The van der Waals surface area contributed by atoms with Gasteiger partial charge >= 0.3 is 21.1 Å². The molecule has 0 N–H and O–H groups in total. The van der Waals surface area contributed by atoms with Gasteiger partial charge in [-0.05, 0) is 166 Å². The molecular formula is C106H140N28W2. The van der Waals surface area contributed by atoms with Crippen LogP contribution >= 0.6 is 0 Å². The van der Waals surface area contributed by atoms with Crippen LogP contribution in [0.1, 0.15) is 185 Å². The van der Waals surface area contributed by atoms with Crippen LogP contribution in [0.4, 0.5) is 0 Å². The van der Waals surface area contributed by atoms with E-state index in [1.54, 1.807) is 71.1 Å². The van der Waals surface area contributed by atoms with Crippen molar-refractivity contribution in [2.24, 2.45) is 0 Å². The Hall–Kier alpha value is -14.5. The summed E-state index contributed by atoms with van der Waals surface area (Å²) in [6.45, 7) is 50.9. The van der Waals surface area contributed by atoms with Gasteiger partial charge in [0.15, 0.2) is 11.3 Å². The van der Waals surface area contributed by atoms with Gasteiger partial charge in [-0.25, -0.2) is 37.7 Å². The summed E-state index contributed by atoms with van der Waals surface area (Å²) in [5.74, 6) is 4.97. The van der Waals surface area contributed by atoms with E-state index in [1.807, 2.05) is 446 Å². The fraction of sp³-hybridized carbons (Fsp3) is 0.255. The molecule has 0 saturated heterocycles. The number of hydrogen-bond donors (Lipinski definition) is 0. The summed E-state index contributed by atoms with van der Waals surface area (Å²) in [7, 11) is 0. The van der Waals surface area contributed by atoms with Crippen molar-refractivity contribution in [3.63, 3.8) is 0 Å². The number of nitrogens with zero attached hydrogens (tertiary/aromatic N) is 28. The van der Waals surface area contributed by atoms with Gasteiger partial charge in [-0.15, -0.1) is 36.7 Å². The monoisotopic (exact) mass is 2170 g/mol. The molecule has 0 unspecified atom stereocenters. The summed E-state index contributed by atoms with van der Waals surface area (Å²) < 4.78 is 23.2. The zero-order valence-corrected chi connectivity index (χ0v) is 89.4. The molecule has 0 radical (unpaired) electrons. The molecule has 0 amide bonds. The van der Waals surface area contributed by atoms with Crippen molar-refractivity contribution in [2.75, 3.05) is 0 Å². The number of rotatable bonds is 1. The summed E-state index contributed by atoms with van der Waals surface area (Å²) >= 11 is 0. The van der Waals surface area contributed by atoms with Crippen molar-refractivity contribution in [2.45, 2.75) is 185 Å². The molecule has 0 aliphatic carbocycles. The van der Waals surface area contributed by atoms with Gasteiger partial charge in [-0.1, -0.05) is 181 Å². The topological polar surface area (TPSA) is 262 Å². The Bertz CT molecular complexity index is 5580. The van der Waals surface area contributed by atoms with Crippen molar-refractivity contribution in [3.8, 4) is 0 Å². The van der Waals surface area contributed by atoms with Gasteiger partial charge in [0, 0.05) is 206 Å². The predicted molar refractivity (Wildman–Crippen MR) is 556 cm³/mol. The first-order valence-corrected chi connectivity index (χ1v) is 46.3. The van der Waals surface area contributed by atoms with Crippen LogP contribution in [0.25, 0.3) is 75.4 Å². The van der Waals surface area contributed by atoms with Crippen LogP contribution in [0.2, 0.25) is 0 Å². The Kier molecular flexibility index (Phi) is 65.9. The smallest absolute Gasteiger partial charge is 0.749 e. The van der Waals surface area contributed by atoms with Crippen molar-refractivity contribution in [3.05, 3.63) is 402 Å². The van der Waals surface area contributed by atoms with Gasteiger partial charge in [0.1, 0.15) is 41.1 Å². The molecule has 0 aromatic carbocycles. The fourth-order valence-electron chi connectivity index (χ4n) is 11.3. The maximum absolute atomic E-state index is 5.11. The molecule has 0 atom stereocenters. The Morgan fingerprint density at radius 3 is 1.37 bits per heavy atom. The van der Waals surface area contributed by atoms with Crippen molar-refractivity contribution < 1.29 is 42.1 Å². The van der Waals surface area contributed by atoms with E-state index < -0.39 is 0 Å². The fourth-order valence-corrected chi connectivity index (χ4v) is 11.3. The van der Waals surface area contributed by atoms with Gasteiger partial charge in [0.2, 0.25) is 0 Å². The minimum absolute atomic E-state index is 0. The molecular weight excluding hydrogens is 2030 g/mol. The third-order valence-corrected chi connectivity index (χ3v) is 17.0. The molecule has 21 aromatic heterocycles.